The van der Waals surface area contributed by atoms with Crippen LogP contribution in [0.25, 0.3) is 0 Å². The van der Waals surface area contributed by atoms with E-state index in [4.69, 9.17) is 9.84 Å². The van der Waals surface area contributed by atoms with E-state index in [9.17, 15) is 9.59 Å². The van der Waals surface area contributed by atoms with E-state index in [1.807, 2.05) is 0 Å². The summed E-state index contributed by atoms with van der Waals surface area (Å²) in [6.07, 6.45) is 3.65. The number of aromatic nitrogens is 2. The summed E-state index contributed by atoms with van der Waals surface area (Å²) in [6, 6.07) is 0. The molecule has 19 heavy (non-hydrogen) atoms. The second-order valence-electron chi connectivity index (χ2n) is 4.10. The second-order valence-corrected chi connectivity index (χ2v) is 4.10. The van der Waals surface area contributed by atoms with Gasteiger partial charge < -0.3 is 14.7 Å². The molecular weight excluding hydrogens is 250 g/mol. The number of carboxylic acid groups (broad SMARTS) is 1. The van der Waals surface area contributed by atoms with Crippen molar-refractivity contribution in [2.24, 2.45) is 0 Å². The number of hydrogen-bond acceptors (Lipinski definition) is 5. The van der Waals surface area contributed by atoms with Gasteiger partial charge in [-0.25, -0.2) is 19.6 Å². The number of carbonyl (C=O) groups is 2. The molecule has 0 unspecified atom stereocenters. The molecule has 1 amide bonds. The van der Waals surface area contributed by atoms with Crippen LogP contribution >= 0.6 is 0 Å². The highest BCUT2D eigenvalue weighted by atomic mass is 16.6. The summed E-state index contributed by atoms with van der Waals surface area (Å²) in [7, 11) is 0. The van der Waals surface area contributed by atoms with Crippen molar-refractivity contribution in [2.45, 2.75) is 5.92 Å². The Kier molecular flexibility index (Phi) is 3.74. The molecule has 2 heterocycles. The molecule has 0 atom stereocenters. The Balaban J connectivity index is 1.88. The van der Waals surface area contributed by atoms with Gasteiger partial charge in [-0.3, -0.25) is 0 Å². The number of nitrogens with zero attached hydrogens (tertiary/aromatic N) is 3. The van der Waals surface area contributed by atoms with Crippen LogP contribution in [0.15, 0.2) is 25.0 Å². The van der Waals surface area contributed by atoms with Crippen LogP contribution in [0.2, 0.25) is 0 Å². The quantitative estimate of drug-likeness (QED) is 0.811. The summed E-state index contributed by atoms with van der Waals surface area (Å²) >= 11 is 0. The van der Waals surface area contributed by atoms with Gasteiger partial charge in [-0.2, -0.15) is 0 Å². The molecule has 0 spiro atoms. The van der Waals surface area contributed by atoms with Crippen molar-refractivity contribution in [3.63, 3.8) is 0 Å². The van der Waals surface area contributed by atoms with Gasteiger partial charge in [0.2, 0.25) is 0 Å². The molecule has 1 fully saturated rings. The molecule has 1 N–H and O–H groups in total. The molecule has 100 valence electrons. The van der Waals surface area contributed by atoms with Gasteiger partial charge in [-0.1, -0.05) is 12.7 Å². The van der Waals surface area contributed by atoms with E-state index in [2.05, 4.69) is 16.5 Å². The fourth-order valence-electron chi connectivity index (χ4n) is 1.67. The Morgan fingerprint density at radius 1 is 1.47 bits per heavy atom. The smallest absolute Gasteiger partial charge is 0.410 e. The zero-order valence-corrected chi connectivity index (χ0v) is 10.2. The topological polar surface area (TPSA) is 92.6 Å². The third-order valence-electron chi connectivity index (χ3n) is 2.75. The van der Waals surface area contributed by atoms with Crippen LogP contribution in [-0.2, 0) is 4.74 Å². The number of ether oxygens (including phenoxy) is 1. The van der Waals surface area contributed by atoms with Crippen LogP contribution in [0.3, 0.4) is 0 Å². The minimum atomic E-state index is -1.06. The molecule has 0 aromatic carbocycles. The molecule has 7 heteroatoms. The van der Waals surface area contributed by atoms with Gasteiger partial charge >= 0.3 is 12.1 Å². The predicted molar refractivity (Wildman–Crippen MR) is 64.9 cm³/mol. The van der Waals surface area contributed by atoms with Crippen LogP contribution in [0.4, 0.5) is 4.79 Å². The maximum Gasteiger partial charge on any atom is 0.410 e. The first kappa shape index (κ1) is 13.0. The minimum Gasteiger partial charge on any atom is -0.478 e. The number of hydrogen-bond donors (Lipinski definition) is 1. The lowest BCUT2D eigenvalue weighted by Crippen LogP contribution is -2.49. The molecule has 1 aromatic rings. The standard InChI is InChI=1S/C12H13N3O4/c1-2-3-19-12(18)15-6-9(7-15)10-13-4-8(5-14-10)11(16)17/h2,4-5,9H,1,3,6-7H2,(H,16,17). The summed E-state index contributed by atoms with van der Waals surface area (Å²) in [5.41, 5.74) is 0.0466. The van der Waals surface area contributed by atoms with Crippen molar-refractivity contribution in [3.8, 4) is 0 Å². The maximum absolute atomic E-state index is 11.4. The number of carboxylic acids is 1. The Morgan fingerprint density at radius 2 is 2.11 bits per heavy atom. The summed E-state index contributed by atoms with van der Waals surface area (Å²) in [4.78, 5) is 31.6. The third kappa shape index (κ3) is 2.87. The van der Waals surface area contributed by atoms with Gasteiger partial charge in [0.25, 0.3) is 0 Å². The van der Waals surface area contributed by atoms with Gasteiger partial charge in [0.05, 0.1) is 11.5 Å². The molecule has 2 rings (SSSR count). The average Bonchev–Trinajstić information content (AvgIpc) is 2.35. The van der Waals surface area contributed by atoms with E-state index in [1.54, 1.807) is 0 Å². The molecule has 1 aromatic heterocycles. The zero-order valence-electron chi connectivity index (χ0n) is 10.2. The Bertz CT molecular complexity index is 494. The normalized spacial score (nSPS) is 14.6. The Labute approximate surface area is 109 Å². The molecule has 1 aliphatic heterocycles. The number of amides is 1. The van der Waals surface area contributed by atoms with Crippen molar-refractivity contribution in [1.82, 2.24) is 14.9 Å². The Morgan fingerprint density at radius 3 is 2.63 bits per heavy atom. The lowest BCUT2D eigenvalue weighted by Gasteiger charge is -2.37. The summed E-state index contributed by atoms with van der Waals surface area (Å²) in [6.45, 7) is 4.59. The SMILES string of the molecule is C=CCOC(=O)N1CC(c2ncc(C(=O)O)cn2)C1. The maximum atomic E-state index is 11.4. The Hall–Kier alpha value is -2.44. The lowest BCUT2D eigenvalue weighted by atomic mass is 10.00. The number of carbonyl (C=O) groups excluding carboxylic acids is 1. The van der Waals surface area contributed by atoms with Crippen molar-refractivity contribution >= 4 is 12.1 Å². The van der Waals surface area contributed by atoms with Crippen LogP contribution in [0.5, 0.6) is 0 Å². The van der Waals surface area contributed by atoms with E-state index in [0.717, 1.165) is 0 Å². The first-order valence-corrected chi connectivity index (χ1v) is 5.69. The fourth-order valence-corrected chi connectivity index (χ4v) is 1.67. The van der Waals surface area contributed by atoms with Gasteiger partial charge in [0.1, 0.15) is 12.4 Å². The van der Waals surface area contributed by atoms with Crippen LogP contribution in [-0.4, -0.2) is 51.7 Å². The third-order valence-corrected chi connectivity index (χ3v) is 2.75. The predicted octanol–water partition coefficient (Wildman–Crippen LogP) is 0.897. The molecule has 0 saturated carbocycles. The van der Waals surface area contributed by atoms with Crippen molar-refractivity contribution < 1.29 is 19.4 Å². The van der Waals surface area contributed by atoms with Crippen molar-refractivity contribution in [2.75, 3.05) is 19.7 Å². The van der Waals surface area contributed by atoms with Gasteiger partial charge in [-0.05, 0) is 0 Å². The van der Waals surface area contributed by atoms with E-state index < -0.39 is 12.1 Å². The first-order valence-electron chi connectivity index (χ1n) is 5.69. The summed E-state index contributed by atoms with van der Waals surface area (Å²) < 4.78 is 4.88. The highest BCUT2D eigenvalue weighted by Gasteiger charge is 2.34. The second kappa shape index (κ2) is 5.47. The van der Waals surface area contributed by atoms with E-state index in [-0.39, 0.29) is 18.1 Å². The minimum absolute atomic E-state index is 0.0270. The molecule has 7 nitrogen and oxygen atoms in total. The highest BCUT2D eigenvalue weighted by molar-refractivity contribution is 5.86. The average molecular weight is 263 g/mol. The van der Waals surface area contributed by atoms with E-state index in [1.165, 1.54) is 23.4 Å². The molecule has 0 bridgehead atoms. The fraction of sp³-hybridized carbons (Fsp3) is 0.333. The lowest BCUT2D eigenvalue weighted by molar-refractivity contribution is 0.0695. The molecular formula is C12H13N3O4. The van der Waals surface area contributed by atoms with Gasteiger partial charge in [-0.15, -0.1) is 0 Å². The monoisotopic (exact) mass is 263 g/mol. The number of likely N-dealkylation sites (tertiary alicyclic amines) is 1. The largest absolute Gasteiger partial charge is 0.478 e. The summed E-state index contributed by atoms with van der Waals surface area (Å²) in [5, 5.41) is 8.73. The van der Waals surface area contributed by atoms with E-state index >= 15 is 0 Å². The molecule has 0 radical (unpaired) electrons. The van der Waals surface area contributed by atoms with Crippen molar-refractivity contribution in [3.05, 3.63) is 36.4 Å². The molecule has 0 aliphatic carbocycles. The number of rotatable bonds is 4. The molecule has 1 saturated heterocycles. The van der Waals surface area contributed by atoms with Gasteiger partial charge in [0.15, 0.2) is 0 Å². The van der Waals surface area contributed by atoms with Crippen LogP contribution in [0, 0.1) is 0 Å². The van der Waals surface area contributed by atoms with Crippen molar-refractivity contribution in [1.29, 1.82) is 0 Å². The van der Waals surface area contributed by atoms with E-state index in [0.29, 0.717) is 18.9 Å². The van der Waals surface area contributed by atoms with Crippen LogP contribution < -0.4 is 0 Å². The number of aromatic carboxylic acids is 1. The van der Waals surface area contributed by atoms with Crippen LogP contribution in [0.1, 0.15) is 22.1 Å². The van der Waals surface area contributed by atoms with Gasteiger partial charge in [0, 0.05) is 25.5 Å². The summed E-state index contributed by atoms with van der Waals surface area (Å²) in [5.74, 6) is -0.494. The highest BCUT2D eigenvalue weighted by Crippen LogP contribution is 2.24. The molecule has 1 aliphatic rings. The zero-order chi connectivity index (χ0) is 13.8. The first-order chi connectivity index (χ1) is 9.11.